The van der Waals surface area contributed by atoms with E-state index in [4.69, 9.17) is 0 Å². The number of aromatic nitrogens is 3. The Morgan fingerprint density at radius 3 is 2.96 bits per heavy atom. The van der Waals surface area contributed by atoms with Crippen molar-refractivity contribution in [3.05, 3.63) is 42.6 Å². The van der Waals surface area contributed by atoms with Crippen molar-refractivity contribution in [2.24, 2.45) is 11.8 Å². The van der Waals surface area contributed by atoms with E-state index in [-0.39, 0.29) is 11.8 Å². The number of carbonyl (C=O) groups is 1. The third-order valence-corrected chi connectivity index (χ3v) is 4.68. The monoisotopic (exact) mass is 341 g/mol. The Morgan fingerprint density at radius 2 is 2.28 bits per heavy atom. The molecule has 1 saturated heterocycles. The van der Waals surface area contributed by atoms with Gasteiger partial charge >= 0.3 is 0 Å². The summed E-state index contributed by atoms with van der Waals surface area (Å²) in [5.41, 5.74) is 1.22. The van der Waals surface area contributed by atoms with E-state index in [0.29, 0.717) is 5.92 Å². The molecule has 6 heteroatoms. The van der Waals surface area contributed by atoms with E-state index in [9.17, 15) is 4.79 Å². The van der Waals surface area contributed by atoms with E-state index in [1.54, 1.807) is 12.5 Å². The van der Waals surface area contributed by atoms with Crippen LogP contribution in [0.1, 0.15) is 32.3 Å². The van der Waals surface area contributed by atoms with Crippen LogP contribution in [0.25, 0.3) is 5.82 Å². The number of hydrogen-bond acceptors (Lipinski definition) is 4. The van der Waals surface area contributed by atoms with Crippen LogP contribution in [0.5, 0.6) is 0 Å². The van der Waals surface area contributed by atoms with Gasteiger partial charge in [-0.05, 0) is 36.9 Å². The third kappa shape index (κ3) is 4.89. The summed E-state index contributed by atoms with van der Waals surface area (Å²) >= 11 is 0. The molecular formula is C19H27N5O. The number of carbonyl (C=O) groups excluding carboxylic acids is 1. The largest absolute Gasteiger partial charge is 0.356 e. The molecule has 0 aliphatic carbocycles. The lowest BCUT2D eigenvalue weighted by Crippen LogP contribution is -2.41. The number of pyridine rings is 1. The molecule has 25 heavy (non-hydrogen) atoms. The van der Waals surface area contributed by atoms with Gasteiger partial charge in [-0.3, -0.25) is 14.3 Å². The molecule has 0 spiro atoms. The molecule has 1 N–H and O–H groups in total. The van der Waals surface area contributed by atoms with Crippen molar-refractivity contribution in [1.82, 2.24) is 24.8 Å². The van der Waals surface area contributed by atoms with Gasteiger partial charge in [0.2, 0.25) is 5.91 Å². The van der Waals surface area contributed by atoms with Crippen LogP contribution in [0.4, 0.5) is 0 Å². The third-order valence-electron chi connectivity index (χ3n) is 4.68. The number of likely N-dealkylation sites (tertiary alicyclic amines) is 1. The average molecular weight is 341 g/mol. The topological polar surface area (TPSA) is 63.1 Å². The lowest BCUT2D eigenvalue weighted by Gasteiger charge is -2.33. The van der Waals surface area contributed by atoms with Crippen LogP contribution < -0.4 is 5.32 Å². The summed E-state index contributed by atoms with van der Waals surface area (Å²) in [5, 5.41) is 3.07. The van der Waals surface area contributed by atoms with Gasteiger partial charge in [0.1, 0.15) is 12.1 Å². The SMILES string of the molecule is CC(C)C(=O)NCC1CCCN(Cc2ccc(-n3ccnc3)nc2)C1. The van der Waals surface area contributed by atoms with Gasteiger partial charge in [-0.25, -0.2) is 9.97 Å². The van der Waals surface area contributed by atoms with E-state index in [0.717, 1.165) is 32.0 Å². The Morgan fingerprint density at radius 1 is 1.40 bits per heavy atom. The fourth-order valence-corrected chi connectivity index (χ4v) is 3.23. The number of imidazole rings is 1. The fourth-order valence-electron chi connectivity index (χ4n) is 3.23. The molecule has 0 bridgehead atoms. The number of nitrogens with zero attached hydrogens (tertiary/aromatic N) is 4. The molecular weight excluding hydrogens is 314 g/mol. The standard InChI is InChI=1S/C19H27N5O/c1-15(2)19(25)22-11-16-4-3-8-23(12-16)13-17-5-6-18(21-10-17)24-9-7-20-14-24/h5-7,9-10,14-16H,3-4,8,11-13H2,1-2H3,(H,22,25). The van der Waals surface area contributed by atoms with Gasteiger partial charge in [0.15, 0.2) is 0 Å². The van der Waals surface area contributed by atoms with Crippen molar-refractivity contribution >= 4 is 5.91 Å². The number of nitrogens with one attached hydrogen (secondary N) is 1. The molecule has 1 unspecified atom stereocenters. The van der Waals surface area contributed by atoms with Gasteiger partial charge in [-0.2, -0.15) is 0 Å². The van der Waals surface area contributed by atoms with Gasteiger partial charge in [-0.15, -0.1) is 0 Å². The van der Waals surface area contributed by atoms with Crippen LogP contribution in [0.15, 0.2) is 37.1 Å². The predicted octanol–water partition coefficient (Wildman–Crippen LogP) is 2.25. The summed E-state index contributed by atoms with van der Waals surface area (Å²) < 4.78 is 1.90. The van der Waals surface area contributed by atoms with Crippen LogP contribution in [-0.4, -0.2) is 45.0 Å². The zero-order chi connectivity index (χ0) is 17.6. The summed E-state index contributed by atoms with van der Waals surface area (Å²) in [6.07, 6.45) is 9.71. The molecule has 3 heterocycles. The summed E-state index contributed by atoms with van der Waals surface area (Å²) in [5.74, 6) is 1.62. The normalized spacial score (nSPS) is 18.4. The van der Waals surface area contributed by atoms with Crippen LogP contribution >= 0.6 is 0 Å². The minimum absolute atomic E-state index is 0.0554. The predicted molar refractivity (Wildman–Crippen MR) is 97.2 cm³/mol. The molecule has 134 valence electrons. The minimum atomic E-state index is 0.0554. The summed E-state index contributed by atoms with van der Waals surface area (Å²) in [7, 11) is 0. The van der Waals surface area contributed by atoms with Crippen LogP contribution in [0.3, 0.4) is 0 Å². The van der Waals surface area contributed by atoms with Crippen molar-refractivity contribution in [2.75, 3.05) is 19.6 Å². The fraction of sp³-hybridized carbons (Fsp3) is 0.526. The molecule has 0 saturated carbocycles. The van der Waals surface area contributed by atoms with Crippen LogP contribution in [0.2, 0.25) is 0 Å². The Labute approximate surface area is 149 Å². The Bertz CT molecular complexity index is 666. The number of rotatable bonds is 6. The molecule has 0 radical (unpaired) electrons. The molecule has 2 aromatic rings. The van der Waals surface area contributed by atoms with Gasteiger partial charge in [0.05, 0.1) is 0 Å². The molecule has 1 amide bonds. The smallest absolute Gasteiger partial charge is 0.222 e. The highest BCUT2D eigenvalue weighted by atomic mass is 16.1. The van der Waals surface area contributed by atoms with E-state index in [1.165, 1.54) is 18.4 Å². The molecule has 0 aromatic carbocycles. The van der Waals surface area contributed by atoms with Crippen molar-refractivity contribution in [3.8, 4) is 5.82 Å². The number of hydrogen-bond donors (Lipinski definition) is 1. The van der Waals surface area contributed by atoms with E-state index < -0.39 is 0 Å². The van der Waals surface area contributed by atoms with Crippen molar-refractivity contribution in [3.63, 3.8) is 0 Å². The quantitative estimate of drug-likeness (QED) is 0.875. The number of amides is 1. The lowest BCUT2D eigenvalue weighted by atomic mass is 9.97. The molecule has 1 fully saturated rings. The first-order valence-electron chi connectivity index (χ1n) is 9.05. The van der Waals surface area contributed by atoms with E-state index >= 15 is 0 Å². The summed E-state index contributed by atoms with van der Waals surface area (Å²) in [6, 6.07) is 4.16. The van der Waals surface area contributed by atoms with Gasteiger partial charge in [0, 0.05) is 44.1 Å². The molecule has 6 nitrogen and oxygen atoms in total. The van der Waals surface area contributed by atoms with Gasteiger partial charge in [-0.1, -0.05) is 19.9 Å². The average Bonchev–Trinajstić information content (AvgIpc) is 3.15. The number of piperidine rings is 1. The van der Waals surface area contributed by atoms with Crippen molar-refractivity contribution in [2.45, 2.75) is 33.2 Å². The highest BCUT2D eigenvalue weighted by Crippen LogP contribution is 2.18. The van der Waals surface area contributed by atoms with E-state index in [1.807, 2.05) is 36.9 Å². The summed E-state index contributed by atoms with van der Waals surface area (Å²) in [4.78, 5) is 22.8. The Balaban J connectivity index is 1.51. The maximum Gasteiger partial charge on any atom is 0.222 e. The zero-order valence-electron chi connectivity index (χ0n) is 15.1. The van der Waals surface area contributed by atoms with E-state index in [2.05, 4.69) is 26.3 Å². The van der Waals surface area contributed by atoms with Gasteiger partial charge < -0.3 is 5.32 Å². The maximum absolute atomic E-state index is 11.7. The Hall–Kier alpha value is -2.21. The van der Waals surface area contributed by atoms with Crippen molar-refractivity contribution < 1.29 is 4.79 Å². The molecule has 1 aliphatic heterocycles. The summed E-state index contributed by atoms with van der Waals surface area (Å²) in [6.45, 7) is 7.70. The van der Waals surface area contributed by atoms with Crippen molar-refractivity contribution in [1.29, 1.82) is 0 Å². The Kier molecular flexibility index (Phi) is 5.81. The zero-order valence-corrected chi connectivity index (χ0v) is 15.1. The first kappa shape index (κ1) is 17.6. The second-order valence-electron chi connectivity index (χ2n) is 7.14. The maximum atomic E-state index is 11.7. The highest BCUT2D eigenvalue weighted by Gasteiger charge is 2.21. The van der Waals surface area contributed by atoms with Crippen LogP contribution in [-0.2, 0) is 11.3 Å². The molecule has 1 atom stereocenters. The second kappa shape index (κ2) is 8.25. The first-order chi connectivity index (χ1) is 12.1. The minimum Gasteiger partial charge on any atom is -0.356 e. The highest BCUT2D eigenvalue weighted by molar-refractivity contribution is 5.77. The second-order valence-corrected chi connectivity index (χ2v) is 7.14. The van der Waals surface area contributed by atoms with Crippen LogP contribution in [0, 0.1) is 11.8 Å². The van der Waals surface area contributed by atoms with Gasteiger partial charge in [0.25, 0.3) is 0 Å². The first-order valence-corrected chi connectivity index (χ1v) is 9.05. The molecule has 1 aliphatic rings. The lowest BCUT2D eigenvalue weighted by molar-refractivity contribution is -0.124. The molecule has 3 rings (SSSR count). The molecule has 2 aromatic heterocycles.